The van der Waals surface area contributed by atoms with E-state index in [-0.39, 0.29) is 5.41 Å². The molecule has 2 aromatic carbocycles. The van der Waals surface area contributed by atoms with Crippen LogP contribution in [0.1, 0.15) is 49.2 Å². The molecule has 0 bridgehead atoms. The van der Waals surface area contributed by atoms with Crippen molar-refractivity contribution in [3.8, 4) is 11.1 Å². The van der Waals surface area contributed by atoms with Crippen molar-refractivity contribution in [1.29, 1.82) is 0 Å². The fourth-order valence-electron chi connectivity index (χ4n) is 2.42. The molecule has 2 heteroatoms. The second-order valence-electron chi connectivity index (χ2n) is 6.55. The zero-order chi connectivity index (χ0) is 16.2. The molecule has 0 radical (unpaired) electrons. The largest absolute Gasteiger partial charge is 0.377 e. The number of ether oxygens (including phenoxy) is 1. The zero-order valence-electron chi connectivity index (χ0n) is 13.8. The van der Waals surface area contributed by atoms with E-state index in [9.17, 15) is 4.79 Å². The van der Waals surface area contributed by atoms with Crippen molar-refractivity contribution < 1.29 is 9.53 Å². The van der Waals surface area contributed by atoms with Gasteiger partial charge in [0, 0.05) is 12.2 Å². The van der Waals surface area contributed by atoms with E-state index in [0.29, 0.717) is 18.8 Å². The molecular weight excluding hydrogens is 272 g/mol. The van der Waals surface area contributed by atoms with Crippen LogP contribution in [0.2, 0.25) is 0 Å². The summed E-state index contributed by atoms with van der Waals surface area (Å²) in [5.74, 6) is 0. The van der Waals surface area contributed by atoms with Gasteiger partial charge >= 0.3 is 0 Å². The highest BCUT2D eigenvalue weighted by Crippen LogP contribution is 2.27. The van der Waals surface area contributed by atoms with E-state index in [1.807, 2.05) is 19.1 Å². The lowest BCUT2D eigenvalue weighted by molar-refractivity contribution is 0.112. The van der Waals surface area contributed by atoms with Crippen molar-refractivity contribution in [1.82, 2.24) is 0 Å². The minimum Gasteiger partial charge on any atom is -0.377 e. The molecule has 0 spiro atoms. The van der Waals surface area contributed by atoms with E-state index >= 15 is 0 Å². The zero-order valence-corrected chi connectivity index (χ0v) is 13.8. The normalized spacial score (nSPS) is 11.5. The molecule has 0 N–H and O–H groups in total. The van der Waals surface area contributed by atoms with Crippen molar-refractivity contribution in [3.63, 3.8) is 0 Å². The van der Waals surface area contributed by atoms with Crippen LogP contribution in [0.5, 0.6) is 0 Å². The van der Waals surface area contributed by atoms with Gasteiger partial charge in [0.15, 0.2) is 0 Å². The predicted octanol–water partition coefficient (Wildman–Crippen LogP) is 5.00. The maximum Gasteiger partial charge on any atom is 0.150 e. The Morgan fingerprint density at radius 1 is 1.00 bits per heavy atom. The van der Waals surface area contributed by atoms with Crippen molar-refractivity contribution in [2.24, 2.45) is 0 Å². The Morgan fingerprint density at radius 3 is 2.23 bits per heavy atom. The van der Waals surface area contributed by atoms with Gasteiger partial charge < -0.3 is 4.74 Å². The molecule has 22 heavy (non-hydrogen) atoms. The van der Waals surface area contributed by atoms with Crippen LogP contribution in [0.3, 0.4) is 0 Å². The summed E-state index contributed by atoms with van der Waals surface area (Å²) in [7, 11) is 0. The summed E-state index contributed by atoms with van der Waals surface area (Å²) in [5.41, 5.74) is 5.34. The fourth-order valence-corrected chi connectivity index (χ4v) is 2.42. The topological polar surface area (TPSA) is 26.3 Å². The SMILES string of the molecule is CCOCc1cc(C=O)cc(-c2ccc(C(C)(C)C)cc2)c1. The number of rotatable bonds is 5. The van der Waals surface area contributed by atoms with Gasteiger partial charge in [-0.25, -0.2) is 0 Å². The van der Waals surface area contributed by atoms with Crippen LogP contribution >= 0.6 is 0 Å². The third-order valence-electron chi connectivity index (χ3n) is 3.71. The summed E-state index contributed by atoms with van der Waals surface area (Å²) < 4.78 is 5.46. The van der Waals surface area contributed by atoms with E-state index in [1.54, 1.807) is 0 Å². The van der Waals surface area contributed by atoms with Gasteiger partial charge in [-0.2, -0.15) is 0 Å². The summed E-state index contributed by atoms with van der Waals surface area (Å²) in [5, 5.41) is 0. The minimum absolute atomic E-state index is 0.142. The molecule has 2 aromatic rings. The number of carbonyl (C=O) groups is 1. The van der Waals surface area contributed by atoms with Crippen LogP contribution in [0, 0.1) is 0 Å². The van der Waals surface area contributed by atoms with Crippen molar-refractivity contribution >= 4 is 6.29 Å². The Kier molecular flexibility index (Phi) is 5.15. The number of aldehydes is 1. The summed E-state index contributed by atoms with van der Waals surface area (Å²) in [6.07, 6.45) is 0.891. The van der Waals surface area contributed by atoms with Gasteiger partial charge in [-0.15, -0.1) is 0 Å². The van der Waals surface area contributed by atoms with E-state index in [0.717, 1.165) is 23.0 Å². The second-order valence-corrected chi connectivity index (χ2v) is 6.55. The molecule has 0 aliphatic carbocycles. The summed E-state index contributed by atoms with van der Waals surface area (Å²) in [6, 6.07) is 14.5. The van der Waals surface area contributed by atoms with Crippen molar-refractivity contribution in [3.05, 3.63) is 59.2 Å². The van der Waals surface area contributed by atoms with E-state index in [2.05, 4.69) is 51.1 Å². The lowest BCUT2D eigenvalue weighted by atomic mass is 9.86. The predicted molar refractivity (Wildman–Crippen MR) is 91.3 cm³/mol. The number of hydrogen-bond acceptors (Lipinski definition) is 2. The molecule has 0 heterocycles. The van der Waals surface area contributed by atoms with Crippen LogP contribution < -0.4 is 0 Å². The Balaban J connectivity index is 2.36. The molecule has 0 unspecified atom stereocenters. The summed E-state index contributed by atoms with van der Waals surface area (Å²) in [4.78, 5) is 11.2. The number of carbonyl (C=O) groups excluding carboxylic acids is 1. The van der Waals surface area contributed by atoms with Gasteiger partial charge in [0.2, 0.25) is 0 Å². The Morgan fingerprint density at radius 2 is 1.68 bits per heavy atom. The number of hydrogen-bond donors (Lipinski definition) is 0. The Hall–Kier alpha value is -1.93. The summed E-state index contributed by atoms with van der Waals surface area (Å²) in [6.45, 7) is 9.78. The fraction of sp³-hybridized carbons (Fsp3) is 0.350. The maximum atomic E-state index is 11.2. The molecule has 0 saturated carbocycles. The highest BCUT2D eigenvalue weighted by molar-refractivity contribution is 5.79. The molecule has 0 atom stereocenters. The highest BCUT2D eigenvalue weighted by atomic mass is 16.5. The van der Waals surface area contributed by atoms with Gasteiger partial charge in [-0.05, 0) is 52.8 Å². The van der Waals surface area contributed by atoms with E-state index in [4.69, 9.17) is 4.74 Å². The first kappa shape index (κ1) is 16.4. The molecule has 0 fully saturated rings. The molecule has 0 amide bonds. The van der Waals surface area contributed by atoms with Crippen LogP contribution in [0.4, 0.5) is 0 Å². The van der Waals surface area contributed by atoms with Crippen molar-refractivity contribution in [2.45, 2.75) is 39.7 Å². The average Bonchev–Trinajstić information content (AvgIpc) is 2.52. The second kappa shape index (κ2) is 6.89. The third-order valence-corrected chi connectivity index (χ3v) is 3.71. The first-order valence-electron chi connectivity index (χ1n) is 7.72. The molecule has 0 saturated heterocycles. The van der Waals surface area contributed by atoms with Crippen molar-refractivity contribution in [2.75, 3.05) is 6.61 Å². The molecular formula is C20H24O2. The first-order chi connectivity index (χ1) is 10.4. The smallest absolute Gasteiger partial charge is 0.150 e. The molecule has 0 aliphatic rings. The molecule has 2 nitrogen and oxygen atoms in total. The highest BCUT2D eigenvalue weighted by Gasteiger charge is 2.13. The Labute approximate surface area is 133 Å². The van der Waals surface area contributed by atoms with Gasteiger partial charge in [0.25, 0.3) is 0 Å². The molecule has 0 aromatic heterocycles. The Bertz CT molecular complexity index is 634. The molecule has 116 valence electrons. The summed E-state index contributed by atoms with van der Waals surface area (Å²) >= 11 is 0. The van der Waals surface area contributed by atoms with Crippen LogP contribution in [0.15, 0.2) is 42.5 Å². The van der Waals surface area contributed by atoms with Crippen LogP contribution in [0.25, 0.3) is 11.1 Å². The first-order valence-corrected chi connectivity index (χ1v) is 7.72. The van der Waals surface area contributed by atoms with E-state index in [1.165, 1.54) is 5.56 Å². The van der Waals surface area contributed by atoms with Gasteiger partial charge in [0.05, 0.1) is 6.61 Å². The average molecular weight is 296 g/mol. The lowest BCUT2D eigenvalue weighted by Gasteiger charge is -2.19. The van der Waals surface area contributed by atoms with E-state index < -0.39 is 0 Å². The lowest BCUT2D eigenvalue weighted by Crippen LogP contribution is -2.10. The monoisotopic (exact) mass is 296 g/mol. The third kappa shape index (κ3) is 4.05. The standard InChI is InChI=1S/C20H24O2/c1-5-22-14-16-10-15(13-21)11-18(12-16)17-6-8-19(9-7-17)20(2,3)4/h6-13H,5,14H2,1-4H3. The van der Waals surface area contributed by atoms with Crippen LogP contribution in [-0.4, -0.2) is 12.9 Å². The minimum atomic E-state index is 0.142. The molecule has 0 aliphatic heterocycles. The number of benzene rings is 2. The maximum absolute atomic E-state index is 11.2. The van der Waals surface area contributed by atoms with Gasteiger partial charge in [0.1, 0.15) is 6.29 Å². The van der Waals surface area contributed by atoms with Gasteiger partial charge in [-0.3, -0.25) is 4.79 Å². The molecule has 2 rings (SSSR count). The van der Waals surface area contributed by atoms with Crippen LogP contribution in [-0.2, 0) is 16.8 Å². The van der Waals surface area contributed by atoms with Gasteiger partial charge in [-0.1, -0.05) is 45.0 Å². The quantitative estimate of drug-likeness (QED) is 0.726.